The van der Waals surface area contributed by atoms with E-state index >= 15 is 0 Å². The molecule has 0 aliphatic carbocycles. The zero-order valence-electron chi connectivity index (χ0n) is 27.2. The molecule has 0 heteroatoms. The largest absolute Gasteiger partial charge is 0.0623 e. The zero-order chi connectivity index (χ0) is 31.5. The predicted molar refractivity (Wildman–Crippen MR) is 192 cm³/mol. The molecule has 0 radical (unpaired) electrons. The first-order chi connectivity index (χ1) is 20.8. The van der Waals surface area contributed by atoms with Gasteiger partial charge in [0.1, 0.15) is 0 Å². The first-order valence-electron chi connectivity index (χ1n) is 14.9. The highest BCUT2D eigenvalue weighted by molar-refractivity contribution is 5.24. The molecule has 0 bridgehead atoms. The molecular weight excluding hydrogens is 516 g/mol. The molecule has 0 aliphatic rings. The van der Waals surface area contributed by atoms with Crippen LogP contribution in [0.25, 0.3) is 0 Å². The van der Waals surface area contributed by atoms with Crippen LogP contribution >= 0.6 is 0 Å². The van der Waals surface area contributed by atoms with E-state index in [1.54, 1.807) is 0 Å². The van der Waals surface area contributed by atoms with Crippen LogP contribution in [0.3, 0.4) is 0 Å². The topological polar surface area (TPSA) is 0 Å². The summed E-state index contributed by atoms with van der Waals surface area (Å²) in [5.41, 5.74) is 9.53. The van der Waals surface area contributed by atoms with Crippen LogP contribution in [0.4, 0.5) is 0 Å². The summed E-state index contributed by atoms with van der Waals surface area (Å²) < 4.78 is 0. The number of benzene rings is 6. The van der Waals surface area contributed by atoms with Gasteiger partial charge in [0.2, 0.25) is 0 Å². The molecule has 0 N–H and O–H groups in total. The van der Waals surface area contributed by atoms with Gasteiger partial charge in [-0.2, -0.15) is 0 Å². The highest BCUT2D eigenvalue weighted by atomic mass is 13.9. The Bertz CT molecular complexity index is 1200. The molecule has 0 saturated carbocycles. The summed E-state index contributed by atoms with van der Waals surface area (Å²) >= 11 is 0. The van der Waals surface area contributed by atoms with Crippen LogP contribution < -0.4 is 0 Å². The van der Waals surface area contributed by atoms with E-state index in [2.05, 4.69) is 133 Å². The van der Waals surface area contributed by atoms with Crippen LogP contribution in [0.5, 0.6) is 0 Å². The van der Waals surface area contributed by atoms with Crippen molar-refractivity contribution < 1.29 is 0 Å². The van der Waals surface area contributed by atoms with E-state index in [1.165, 1.54) is 38.9 Å². The second-order valence-electron chi connectivity index (χ2n) is 10.2. The lowest BCUT2D eigenvalue weighted by molar-refractivity contribution is 1.34. The summed E-state index contributed by atoms with van der Waals surface area (Å²) in [6.45, 7) is 14.8. The Morgan fingerprint density at radius 2 is 0.326 bits per heavy atom. The molecule has 6 rings (SSSR count). The quantitative estimate of drug-likeness (QED) is 0.171. The van der Waals surface area contributed by atoms with E-state index in [0.717, 1.165) is 0 Å². The molecule has 0 aromatic heterocycles. The summed E-state index contributed by atoms with van der Waals surface area (Å²) in [6.07, 6.45) is 0. The normalized spacial score (nSPS) is 8.81. The van der Waals surface area contributed by atoms with Gasteiger partial charge in [0.15, 0.2) is 0 Å². The molecule has 222 valence electrons. The van der Waals surface area contributed by atoms with Crippen molar-refractivity contribution in [3.8, 4) is 0 Å². The standard InChI is InChI=1S/3C8H10.C7H8.2C6H6/c3*1-7-5-3-4-6-8(7)2;1-7-5-3-2-4-6-7;2*1-2-4-6-5-3-1/h3*3-6H,1-2H3;2-6H,1H3;2*1-6H. The van der Waals surface area contributed by atoms with Crippen molar-refractivity contribution >= 4 is 0 Å². The average Bonchev–Trinajstić information content (AvgIpc) is 3.05. The lowest BCUT2D eigenvalue weighted by Crippen LogP contribution is -1.74. The molecule has 0 nitrogen and oxygen atoms in total. The van der Waals surface area contributed by atoms with Gasteiger partial charge >= 0.3 is 0 Å². The predicted octanol–water partition coefficient (Wildman–Crippen LogP) is 12.3. The molecule has 43 heavy (non-hydrogen) atoms. The Kier molecular flexibility index (Phi) is 20.3. The third-order valence-electron chi connectivity index (χ3n) is 6.55. The van der Waals surface area contributed by atoms with Crippen LogP contribution in [-0.4, -0.2) is 0 Å². The molecule has 0 amide bonds. The molecule has 0 fully saturated rings. The van der Waals surface area contributed by atoms with Crippen LogP contribution in [0.15, 0.2) is 176 Å². The lowest BCUT2D eigenvalue weighted by Gasteiger charge is -1.93. The SMILES string of the molecule is Cc1ccccc1.Cc1ccccc1C.Cc1ccccc1C.Cc1ccccc1C.c1ccccc1.c1ccccc1. The molecule has 0 spiro atoms. The van der Waals surface area contributed by atoms with Crippen molar-refractivity contribution in [3.05, 3.63) is 215 Å². The zero-order valence-corrected chi connectivity index (χ0v) is 27.2. The number of hydrogen-bond donors (Lipinski definition) is 0. The third-order valence-corrected chi connectivity index (χ3v) is 6.55. The summed E-state index contributed by atoms with van der Waals surface area (Å²) in [5.74, 6) is 0. The Hall–Kier alpha value is -4.68. The van der Waals surface area contributed by atoms with Gasteiger partial charge in [0, 0.05) is 0 Å². The summed E-state index contributed by atoms with van der Waals surface area (Å²) in [5, 5.41) is 0. The Morgan fingerprint density at radius 1 is 0.186 bits per heavy atom. The van der Waals surface area contributed by atoms with Gasteiger partial charge in [-0.25, -0.2) is 0 Å². The van der Waals surface area contributed by atoms with Gasteiger partial charge in [-0.3, -0.25) is 0 Å². The van der Waals surface area contributed by atoms with Gasteiger partial charge < -0.3 is 0 Å². The van der Waals surface area contributed by atoms with Crippen LogP contribution in [0.2, 0.25) is 0 Å². The highest BCUT2D eigenvalue weighted by Crippen LogP contribution is 2.04. The van der Waals surface area contributed by atoms with Crippen molar-refractivity contribution in [1.29, 1.82) is 0 Å². The molecular formula is C43H50. The summed E-state index contributed by atoms with van der Waals surface area (Å²) in [7, 11) is 0. The van der Waals surface area contributed by atoms with Crippen molar-refractivity contribution in [2.24, 2.45) is 0 Å². The van der Waals surface area contributed by atoms with E-state index in [4.69, 9.17) is 0 Å². The monoisotopic (exact) mass is 566 g/mol. The molecule has 6 aromatic rings. The molecule has 0 atom stereocenters. The Labute approximate surface area is 262 Å². The molecule has 0 heterocycles. The van der Waals surface area contributed by atoms with Gasteiger partial charge in [-0.15, -0.1) is 0 Å². The maximum atomic E-state index is 2.12. The maximum Gasteiger partial charge on any atom is -0.0395 e. The molecule has 0 saturated heterocycles. The van der Waals surface area contributed by atoms with E-state index < -0.39 is 0 Å². The first kappa shape index (κ1) is 36.3. The van der Waals surface area contributed by atoms with Gasteiger partial charge in [0.05, 0.1) is 0 Å². The van der Waals surface area contributed by atoms with Crippen molar-refractivity contribution in [2.75, 3.05) is 0 Å². The molecule has 6 aromatic carbocycles. The van der Waals surface area contributed by atoms with E-state index in [-0.39, 0.29) is 0 Å². The third kappa shape index (κ3) is 19.9. The highest BCUT2D eigenvalue weighted by Gasteiger charge is 1.85. The summed E-state index contributed by atoms with van der Waals surface area (Å²) in [4.78, 5) is 0. The second kappa shape index (κ2) is 24.0. The van der Waals surface area contributed by atoms with Crippen LogP contribution in [-0.2, 0) is 0 Å². The second-order valence-corrected chi connectivity index (χ2v) is 10.2. The molecule has 0 aliphatic heterocycles. The van der Waals surface area contributed by atoms with Gasteiger partial charge in [-0.05, 0) is 81.8 Å². The summed E-state index contributed by atoms with van der Waals surface area (Å²) in [6, 6.07) is 59.3. The first-order valence-corrected chi connectivity index (χ1v) is 14.9. The number of hydrogen-bond acceptors (Lipinski definition) is 0. The van der Waals surface area contributed by atoms with Crippen molar-refractivity contribution in [2.45, 2.75) is 48.5 Å². The van der Waals surface area contributed by atoms with Crippen molar-refractivity contribution in [1.82, 2.24) is 0 Å². The van der Waals surface area contributed by atoms with E-state index in [1.807, 2.05) is 91.0 Å². The minimum absolute atomic E-state index is 1.32. The maximum absolute atomic E-state index is 2.12. The Morgan fingerprint density at radius 3 is 0.442 bits per heavy atom. The molecule has 0 unspecified atom stereocenters. The van der Waals surface area contributed by atoms with Crippen molar-refractivity contribution in [3.63, 3.8) is 0 Å². The van der Waals surface area contributed by atoms with E-state index in [0.29, 0.717) is 0 Å². The fourth-order valence-electron chi connectivity index (χ4n) is 3.29. The van der Waals surface area contributed by atoms with Crippen LogP contribution in [0.1, 0.15) is 38.9 Å². The van der Waals surface area contributed by atoms with Gasteiger partial charge in [0.25, 0.3) is 0 Å². The Balaban J connectivity index is 0.000000259. The number of rotatable bonds is 0. The van der Waals surface area contributed by atoms with E-state index in [9.17, 15) is 0 Å². The lowest BCUT2D eigenvalue weighted by atomic mass is 10.1. The van der Waals surface area contributed by atoms with Gasteiger partial charge in [-0.1, -0.05) is 181 Å². The fraction of sp³-hybridized carbons (Fsp3) is 0.163. The fourth-order valence-corrected chi connectivity index (χ4v) is 3.29. The van der Waals surface area contributed by atoms with Crippen LogP contribution in [0, 0.1) is 48.5 Å². The number of aryl methyl sites for hydroxylation is 7. The minimum atomic E-state index is 1.32. The average molecular weight is 567 g/mol. The minimum Gasteiger partial charge on any atom is -0.0623 e. The smallest absolute Gasteiger partial charge is 0.0395 e.